The zero-order valence-corrected chi connectivity index (χ0v) is 13.3. The van der Waals surface area contributed by atoms with Crippen LogP contribution in [0.2, 0.25) is 0 Å². The van der Waals surface area contributed by atoms with Gasteiger partial charge in [-0.3, -0.25) is 0 Å². The molecule has 0 saturated carbocycles. The van der Waals surface area contributed by atoms with E-state index in [4.69, 9.17) is 9.26 Å². The van der Waals surface area contributed by atoms with E-state index in [1.165, 1.54) is 0 Å². The van der Waals surface area contributed by atoms with Crippen molar-refractivity contribution in [1.29, 1.82) is 0 Å². The maximum absolute atomic E-state index is 9.36. The largest absolute Gasteiger partial charge is 0.508 e. The number of benzene rings is 3. The first-order valence-electron chi connectivity index (χ1n) is 7.87. The highest BCUT2D eigenvalue weighted by molar-refractivity contribution is 5.67. The van der Waals surface area contributed by atoms with E-state index in [1.807, 2.05) is 60.7 Å². The smallest absolute Gasteiger partial charge is 0.167 e. The zero-order chi connectivity index (χ0) is 17.1. The molecule has 0 spiro atoms. The van der Waals surface area contributed by atoms with Gasteiger partial charge in [0.1, 0.15) is 22.9 Å². The standard InChI is InChI=1S/C21H15NO3/c23-17-10-6-16(7-11-17)21-14-20(22-25-21)15-8-12-19(13-9-15)24-18-4-2-1-3-5-18/h1-14,23H. The number of aromatic hydroxyl groups is 1. The van der Waals surface area contributed by atoms with Crippen LogP contribution in [0.25, 0.3) is 22.6 Å². The van der Waals surface area contributed by atoms with E-state index in [1.54, 1.807) is 24.3 Å². The monoisotopic (exact) mass is 329 g/mol. The number of ether oxygens (including phenoxy) is 1. The minimum Gasteiger partial charge on any atom is -0.508 e. The van der Waals surface area contributed by atoms with E-state index in [0.717, 1.165) is 28.3 Å². The van der Waals surface area contributed by atoms with Crippen LogP contribution < -0.4 is 4.74 Å². The lowest BCUT2D eigenvalue weighted by Crippen LogP contribution is -1.84. The van der Waals surface area contributed by atoms with Crippen molar-refractivity contribution < 1.29 is 14.4 Å². The Bertz CT molecular complexity index is 958. The van der Waals surface area contributed by atoms with Gasteiger partial charge in [0.05, 0.1) is 0 Å². The second-order valence-electron chi connectivity index (χ2n) is 5.56. The Labute approximate surface area is 144 Å². The Morgan fingerprint density at radius 3 is 2.08 bits per heavy atom. The fourth-order valence-corrected chi connectivity index (χ4v) is 2.49. The maximum atomic E-state index is 9.36. The van der Waals surface area contributed by atoms with Crippen molar-refractivity contribution in [3.63, 3.8) is 0 Å². The second-order valence-corrected chi connectivity index (χ2v) is 5.56. The second kappa shape index (κ2) is 6.53. The van der Waals surface area contributed by atoms with Crippen LogP contribution >= 0.6 is 0 Å². The molecule has 1 heterocycles. The predicted molar refractivity (Wildman–Crippen MR) is 95.6 cm³/mol. The first-order valence-corrected chi connectivity index (χ1v) is 7.87. The highest BCUT2D eigenvalue weighted by atomic mass is 16.5. The first-order chi connectivity index (χ1) is 12.3. The minimum absolute atomic E-state index is 0.220. The van der Waals surface area contributed by atoms with Crippen molar-refractivity contribution in [2.45, 2.75) is 0 Å². The Kier molecular flexibility index (Phi) is 3.92. The first kappa shape index (κ1) is 15.0. The van der Waals surface area contributed by atoms with Gasteiger partial charge in [-0.2, -0.15) is 0 Å². The fourth-order valence-electron chi connectivity index (χ4n) is 2.49. The highest BCUT2D eigenvalue weighted by Gasteiger charge is 2.09. The number of nitrogens with zero attached hydrogens (tertiary/aromatic N) is 1. The van der Waals surface area contributed by atoms with E-state index in [-0.39, 0.29) is 5.75 Å². The molecule has 0 aliphatic carbocycles. The average molecular weight is 329 g/mol. The summed E-state index contributed by atoms with van der Waals surface area (Å²) in [6, 6.07) is 26.0. The van der Waals surface area contributed by atoms with Gasteiger partial charge in [-0.05, 0) is 60.7 Å². The number of para-hydroxylation sites is 1. The molecule has 122 valence electrons. The third kappa shape index (κ3) is 3.38. The summed E-state index contributed by atoms with van der Waals surface area (Å²) in [5.41, 5.74) is 2.55. The number of hydrogen-bond acceptors (Lipinski definition) is 4. The van der Waals surface area contributed by atoms with Crippen molar-refractivity contribution >= 4 is 0 Å². The summed E-state index contributed by atoms with van der Waals surface area (Å²) in [7, 11) is 0. The maximum Gasteiger partial charge on any atom is 0.167 e. The molecule has 0 aliphatic heterocycles. The van der Waals surface area contributed by atoms with Crippen LogP contribution in [0.3, 0.4) is 0 Å². The summed E-state index contributed by atoms with van der Waals surface area (Å²) in [5, 5.41) is 13.5. The minimum atomic E-state index is 0.220. The lowest BCUT2D eigenvalue weighted by Gasteiger charge is -2.05. The van der Waals surface area contributed by atoms with Gasteiger partial charge >= 0.3 is 0 Å². The molecule has 4 rings (SSSR count). The normalized spacial score (nSPS) is 10.6. The molecule has 0 fully saturated rings. The third-order valence-electron chi connectivity index (χ3n) is 3.79. The van der Waals surface area contributed by atoms with Crippen LogP contribution in [0.4, 0.5) is 0 Å². The number of phenolic OH excluding ortho intramolecular Hbond substituents is 1. The molecule has 4 heteroatoms. The topological polar surface area (TPSA) is 55.5 Å². The van der Waals surface area contributed by atoms with Gasteiger partial charge in [-0.15, -0.1) is 0 Å². The number of aromatic nitrogens is 1. The van der Waals surface area contributed by atoms with Crippen molar-refractivity contribution in [2.24, 2.45) is 0 Å². The van der Waals surface area contributed by atoms with Crippen molar-refractivity contribution in [2.75, 3.05) is 0 Å². The summed E-state index contributed by atoms with van der Waals surface area (Å²) >= 11 is 0. The van der Waals surface area contributed by atoms with Crippen LogP contribution in [-0.4, -0.2) is 10.3 Å². The molecule has 0 aliphatic rings. The molecule has 0 atom stereocenters. The Hall–Kier alpha value is -3.53. The van der Waals surface area contributed by atoms with E-state index in [2.05, 4.69) is 5.16 Å². The van der Waals surface area contributed by atoms with Gasteiger partial charge in [-0.1, -0.05) is 23.4 Å². The number of phenols is 1. The zero-order valence-electron chi connectivity index (χ0n) is 13.3. The molecule has 4 nitrogen and oxygen atoms in total. The molecule has 1 aromatic heterocycles. The fraction of sp³-hybridized carbons (Fsp3) is 0. The Morgan fingerprint density at radius 1 is 0.720 bits per heavy atom. The van der Waals surface area contributed by atoms with E-state index in [9.17, 15) is 5.11 Å². The quantitative estimate of drug-likeness (QED) is 0.536. The lowest BCUT2D eigenvalue weighted by atomic mass is 10.1. The molecule has 0 radical (unpaired) electrons. The van der Waals surface area contributed by atoms with Gasteiger partial charge in [-0.25, -0.2) is 0 Å². The van der Waals surface area contributed by atoms with Gasteiger partial charge in [0.2, 0.25) is 0 Å². The molecule has 25 heavy (non-hydrogen) atoms. The summed E-state index contributed by atoms with van der Waals surface area (Å²) in [5.74, 6) is 2.43. The lowest BCUT2D eigenvalue weighted by molar-refractivity contribution is 0.434. The van der Waals surface area contributed by atoms with Gasteiger partial charge in [0.25, 0.3) is 0 Å². The van der Waals surface area contributed by atoms with Crippen LogP contribution in [0.15, 0.2) is 89.5 Å². The molecule has 3 aromatic carbocycles. The molecule has 0 unspecified atom stereocenters. The molecule has 0 amide bonds. The van der Waals surface area contributed by atoms with Crippen molar-refractivity contribution in [1.82, 2.24) is 5.16 Å². The van der Waals surface area contributed by atoms with Crippen LogP contribution in [-0.2, 0) is 0 Å². The molecule has 1 N–H and O–H groups in total. The highest BCUT2D eigenvalue weighted by Crippen LogP contribution is 2.29. The summed E-state index contributed by atoms with van der Waals surface area (Å²) in [6.45, 7) is 0. The number of hydrogen-bond donors (Lipinski definition) is 1. The third-order valence-corrected chi connectivity index (χ3v) is 3.79. The SMILES string of the molecule is Oc1ccc(-c2cc(-c3ccc(Oc4ccccc4)cc3)no2)cc1. The van der Waals surface area contributed by atoms with Gasteiger partial charge < -0.3 is 14.4 Å². The molecule has 4 aromatic rings. The molecular weight excluding hydrogens is 314 g/mol. The predicted octanol–water partition coefficient (Wildman–Crippen LogP) is 5.51. The number of rotatable bonds is 4. The van der Waals surface area contributed by atoms with E-state index < -0.39 is 0 Å². The Morgan fingerprint density at radius 2 is 1.36 bits per heavy atom. The van der Waals surface area contributed by atoms with Crippen LogP contribution in [0.1, 0.15) is 0 Å². The van der Waals surface area contributed by atoms with E-state index in [0.29, 0.717) is 5.76 Å². The average Bonchev–Trinajstić information content (AvgIpc) is 3.14. The van der Waals surface area contributed by atoms with Crippen LogP contribution in [0.5, 0.6) is 17.2 Å². The molecule has 0 saturated heterocycles. The molecule has 0 bridgehead atoms. The summed E-state index contributed by atoms with van der Waals surface area (Å²) in [6.07, 6.45) is 0. The van der Waals surface area contributed by atoms with Crippen LogP contribution in [0, 0.1) is 0 Å². The van der Waals surface area contributed by atoms with E-state index >= 15 is 0 Å². The molecular formula is C21H15NO3. The van der Waals surface area contributed by atoms with Gasteiger partial charge in [0.15, 0.2) is 5.76 Å². The summed E-state index contributed by atoms with van der Waals surface area (Å²) in [4.78, 5) is 0. The van der Waals surface area contributed by atoms with Crippen molar-refractivity contribution in [3.05, 3.63) is 84.9 Å². The van der Waals surface area contributed by atoms with Gasteiger partial charge in [0, 0.05) is 17.2 Å². The van der Waals surface area contributed by atoms with Crippen molar-refractivity contribution in [3.8, 4) is 39.8 Å². The Balaban J connectivity index is 1.53. The summed E-state index contributed by atoms with van der Waals surface area (Å²) < 4.78 is 11.2.